The van der Waals surface area contributed by atoms with Gasteiger partial charge >= 0.3 is 0 Å². The molecule has 0 atom stereocenters. The Morgan fingerprint density at radius 1 is 1.42 bits per heavy atom. The summed E-state index contributed by atoms with van der Waals surface area (Å²) in [6.07, 6.45) is 3.05. The van der Waals surface area contributed by atoms with Crippen molar-refractivity contribution in [2.75, 3.05) is 4.72 Å². The fourth-order valence-corrected chi connectivity index (χ4v) is 2.62. The van der Waals surface area contributed by atoms with Gasteiger partial charge in [-0.25, -0.2) is 4.98 Å². The van der Waals surface area contributed by atoms with E-state index in [0.717, 1.165) is 5.56 Å². The van der Waals surface area contributed by atoms with Crippen LogP contribution in [0.5, 0.6) is 0 Å². The van der Waals surface area contributed by atoms with Crippen molar-refractivity contribution in [3.05, 3.63) is 35.8 Å². The molecular formula is C11H15N5O2S. The molecule has 0 aromatic carbocycles. The molecule has 2 heterocycles. The summed E-state index contributed by atoms with van der Waals surface area (Å²) in [5, 5.41) is 4.02. The average Bonchev–Trinajstić information content (AvgIpc) is 2.67. The summed E-state index contributed by atoms with van der Waals surface area (Å²) < 4.78 is 28.2. The van der Waals surface area contributed by atoms with E-state index in [-0.39, 0.29) is 5.03 Å². The van der Waals surface area contributed by atoms with Crippen LogP contribution in [0, 0.1) is 6.92 Å². The third kappa shape index (κ3) is 2.91. The topological polar surface area (TPSA) is 103 Å². The van der Waals surface area contributed by atoms with Crippen molar-refractivity contribution in [2.45, 2.75) is 18.5 Å². The number of nitrogens with one attached hydrogen (secondary N) is 1. The van der Waals surface area contributed by atoms with Crippen LogP contribution in [0.3, 0.4) is 0 Å². The van der Waals surface area contributed by atoms with Crippen LogP contribution >= 0.6 is 0 Å². The molecule has 0 radical (unpaired) electrons. The van der Waals surface area contributed by atoms with Crippen molar-refractivity contribution in [1.82, 2.24) is 14.8 Å². The lowest BCUT2D eigenvalue weighted by molar-refractivity contribution is 0.597. The second-order valence-electron chi connectivity index (χ2n) is 4.12. The zero-order valence-electron chi connectivity index (χ0n) is 10.7. The molecule has 7 nitrogen and oxygen atoms in total. The molecule has 2 aromatic heterocycles. The quantitative estimate of drug-likeness (QED) is 0.843. The first kappa shape index (κ1) is 13.5. The molecule has 0 aliphatic rings. The lowest BCUT2D eigenvalue weighted by atomic mass is 10.3. The Bertz CT molecular complexity index is 676. The molecule has 2 aromatic rings. The molecule has 19 heavy (non-hydrogen) atoms. The number of nitrogens with zero attached hydrogens (tertiary/aromatic N) is 3. The standard InChI is InChI=1S/C11H15N5O2S/c1-8-10(7-16(2)14-8)15-19(17,18)11-4-3-9(5-12)6-13-11/h3-4,6-7,15H,5,12H2,1-2H3. The van der Waals surface area contributed by atoms with E-state index in [1.165, 1.54) is 16.9 Å². The fraction of sp³-hybridized carbons (Fsp3) is 0.273. The van der Waals surface area contributed by atoms with Crippen LogP contribution in [0.15, 0.2) is 29.6 Å². The summed E-state index contributed by atoms with van der Waals surface area (Å²) >= 11 is 0. The van der Waals surface area contributed by atoms with Gasteiger partial charge in [0, 0.05) is 26.0 Å². The summed E-state index contributed by atoms with van der Waals surface area (Å²) in [4.78, 5) is 3.90. The molecule has 0 unspecified atom stereocenters. The van der Waals surface area contributed by atoms with Gasteiger partial charge in [0.15, 0.2) is 5.03 Å². The van der Waals surface area contributed by atoms with Gasteiger partial charge in [0.1, 0.15) is 0 Å². The molecule has 0 spiro atoms. The van der Waals surface area contributed by atoms with E-state index in [2.05, 4.69) is 14.8 Å². The third-order valence-electron chi connectivity index (χ3n) is 2.57. The molecule has 3 N–H and O–H groups in total. The van der Waals surface area contributed by atoms with Crippen molar-refractivity contribution in [3.63, 3.8) is 0 Å². The maximum Gasteiger partial charge on any atom is 0.279 e. The summed E-state index contributed by atoms with van der Waals surface area (Å²) in [5.74, 6) is 0. The Morgan fingerprint density at radius 3 is 2.63 bits per heavy atom. The second-order valence-corrected chi connectivity index (χ2v) is 5.75. The van der Waals surface area contributed by atoms with Crippen molar-refractivity contribution < 1.29 is 8.42 Å². The van der Waals surface area contributed by atoms with Crippen LogP contribution in [0.2, 0.25) is 0 Å². The number of anilines is 1. The molecule has 8 heteroatoms. The molecule has 0 saturated heterocycles. The number of aromatic nitrogens is 3. The minimum Gasteiger partial charge on any atom is -0.326 e. The van der Waals surface area contributed by atoms with E-state index in [0.29, 0.717) is 17.9 Å². The molecular weight excluding hydrogens is 266 g/mol. The first-order valence-corrected chi connectivity index (χ1v) is 7.09. The van der Waals surface area contributed by atoms with E-state index >= 15 is 0 Å². The van der Waals surface area contributed by atoms with E-state index in [1.807, 2.05) is 0 Å². The molecule has 0 amide bonds. The summed E-state index contributed by atoms with van der Waals surface area (Å²) in [6.45, 7) is 2.05. The minimum absolute atomic E-state index is 0.0482. The lowest BCUT2D eigenvalue weighted by Crippen LogP contribution is -2.15. The van der Waals surface area contributed by atoms with Gasteiger partial charge in [-0.15, -0.1) is 0 Å². The summed E-state index contributed by atoms with van der Waals surface area (Å²) in [7, 11) is -1.98. The van der Waals surface area contributed by atoms with E-state index in [4.69, 9.17) is 5.73 Å². The van der Waals surface area contributed by atoms with E-state index in [1.54, 1.807) is 26.2 Å². The number of sulfonamides is 1. The maximum atomic E-state index is 12.1. The van der Waals surface area contributed by atoms with Crippen LogP contribution in [0.25, 0.3) is 0 Å². The summed E-state index contributed by atoms with van der Waals surface area (Å²) in [6, 6.07) is 3.06. The zero-order valence-corrected chi connectivity index (χ0v) is 11.5. The van der Waals surface area contributed by atoms with Gasteiger partial charge in [0.2, 0.25) is 0 Å². The number of hydrogen-bond acceptors (Lipinski definition) is 5. The van der Waals surface area contributed by atoms with Gasteiger partial charge in [0.05, 0.1) is 11.4 Å². The normalized spacial score (nSPS) is 11.5. The SMILES string of the molecule is Cc1nn(C)cc1NS(=O)(=O)c1ccc(CN)cn1. The molecule has 0 aliphatic heterocycles. The van der Waals surface area contributed by atoms with Crippen LogP contribution in [-0.2, 0) is 23.6 Å². The Hall–Kier alpha value is -1.93. The Balaban J connectivity index is 2.29. The highest BCUT2D eigenvalue weighted by atomic mass is 32.2. The number of rotatable bonds is 4. The molecule has 0 bridgehead atoms. The predicted molar refractivity (Wildman–Crippen MR) is 70.9 cm³/mol. The average molecular weight is 281 g/mol. The Kier molecular flexibility index (Phi) is 3.54. The highest BCUT2D eigenvalue weighted by Crippen LogP contribution is 2.17. The van der Waals surface area contributed by atoms with Crippen molar-refractivity contribution >= 4 is 15.7 Å². The highest BCUT2D eigenvalue weighted by molar-refractivity contribution is 7.92. The molecule has 102 valence electrons. The third-order valence-corrected chi connectivity index (χ3v) is 3.85. The first-order valence-electron chi connectivity index (χ1n) is 5.60. The molecule has 0 aliphatic carbocycles. The number of nitrogens with two attached hydrogens (primary N) is 1. The number of pyridine rings is 1. The molecule has 0 fully saturated rings. The molecule has 0 saturated carbocycles. The van der Waals surface area contributed by atoms with Gasteiger partial charge in [-0.1, -0.05) is 6.07 Å². The smallest absolute Gasteiger partial charge is 0.279 e. The lowest BCUT2D eigenvalue weighted by Gasteiger charge is -2.06. The van der Waals surface area contributed by atoms with Gasteiger partial charge in [-0.2, -0.15) is 13.5 Å². The van der Waals surface area contributed by atoms with E-state index in [9.17, 15) is 8.42 Å². The Morgan fingerprint density at radius 2 is 2.16 bits per heavy atom. The van der Waals surface area contributed by atoms with Gasteiger partial charge in [0.25, 0.3) is 10.0 Å². The highest BCUT2D eigenvalue weighted by Gasteiger charge is 2.17. The van der Waals surface area contributed by atoms with E-state index < -0.39 is 10.0 Å². The van der Waals surface area contributed by atoms with Crippen LogP contribution in [0.4, 0.5) is 5.69 Å². The van der Waals surface area contributed by atoms with Crippen molar-refractivity contribution in [2.24, 2.45) is 12.8 Å². The summed E-state index contributed by atoms with van der Waals surface area (Å²) in [5.41, 5.74) is 7.25. The van der Waals surface area contributed by atoms with Gasteiger partial charge < -0.3 is 5.73 Å². The minimum atomic E-state index is -3.70. The van der Waals surface area contributed by atoms with Crippen LogP contribution in [-0.4, -0.2) is 23.2 Å². The number of hydrogen-bond donors (Lipinski definition) is 2. The maximum absolute atomic E-state index is 12.1. The Labute approximate surface area is 111 Å². The van der Waals surface area contributed by atoms with Gasteiger partial charge in [-0.05, 0) is 18.6 Å². The van der Waals surface area contributed by atoms with Gasteiger partial charge in [-0.3, -0.25) is 9.40 Å². The predicted octanol–water partition coefficient (Wildman–Crippen LogP) is 0.383. The fourth-order valence-electron chi connectivity index (χ4n) is 1.59. The first-order chi connectivity index (χ1) is 8.92. The van der Waals surface area contributed by atoms with Crippen LogP contribution < -0.4 is 10.5 Å². The largest absolute Gasteiger partial charge is 0.326 e. The number of aryl methyl sites for hydroxylation is 2. The monoisotopic (exact) mass is 281 g/mol. The van der Waals surface area contributed by atoms with Crippen molar-refractivity contribution in [1.29, 1.82) is 0 Å². The molecule has 2 rings (SSSR count). The van der Waals surface area contributed by atoms with Crippen LogP contribution in [0.1, 0.15) is 11.3 Å². The second kappa shape index (κ2) is 4.98. The van der Waals surface area contributed by atoms with Crippen molar-refractivity contribution in [3.8, 4) is 0 Å². The zero-order chi connectivity index (χ0) is 14.0.